The van der Waals surface area contributed by atoms with Gasteiger partial charge in [0.1, 0.15) is 23.1 Å². The Kier molecular flexibility index (Phi) is 6.88. The number of piperazine rings is 1. The summed E-state index contributed by atoms with van der Waals surface area (Å²) in [5, 5.41) is 6.31. The maximum absolute atomic E-state index is 15.4. The van der Waals surface area contributed by atoms with Crippen LogP contribution in [0.15, 0.2) is 42.6 Å². The molecular weight excluding hydrogens is 506 g/mol. The summed E-state index contributed by atoms with van der Waals surface area (Å²) in [5.41, 5.74) is 1.78. The topological polar surface area (TPSA) is 102 Å². The van der Waals surface area contributed by atoms with Crippen molar-refractivity contribution in [3.8, 4) is 17.1 Å². The van der Waals surface area contributed by atoms with Gasteiger partial charge in [-0.15, -0.1) is 0 Å². The second-order valence-corrected chi connectivity index (χ2v) is 10.1. The average Bonchev–Trinajstić information content (AvgIpc) is 3.65. The van der Waals surface area contributed by atoms with Crippen LogP contribution in [0, 0.1) is 11.6 Å². The van der Waals surface area contributed by atoms with Crippen molar-refractivity contribution in [2.75, 3.05) is 50.2 Å². The second-order valence-electron chi connectivity index (χ2n) is 10.1. The smallest absolute Gasteiger partial charge is 0.274 e. The molecule has 3 aliphatic heterocycles. The molecular formula is C28H30F2N6O3. The highest BCUT2D eigenvalue weighted by molar-refractivity contribution is 6.05. The molecule has 1 unspecified atom stereocenters. The lowest BCUT2D eigenvalue weighted by Crippen LogP contribution is -2.37. The summed E-state index contributed by atoms with van der Waals surface area (Å²) in [6.07, 6.45) is 1.39. The van der Waals surface area contributed by atoms with E-state index >= 15 is 4.39 Å². The summed E-state index contributed by atoms with van der Waals surface area (Å²) in [7, 11) is 1.42. The lowest BCUT2D eigenvalue weighted by Gasteiger charge is -2.31. The lowest BCUT2D eigenvalue weighted by atomic mass is 10.1. The Morgan fingerprint density at radius 3 is 2.77 bits per heavy atom. The maximum Gasteiger partial charge on any atom is 0.274 e. The number of carbonyl (C=O) groups excluding carboxylic acids is 1. The van der Waals surface area contributed by atoms with E-state index in [9.17, 15) is 9.18 Å². The van der Waals surface area contributed by atoms with Gasteiger partial charge < -0.3 is 25.0 Å². The zero-order chi connectivity index (χ0) is 27.1. The Morgan fingerprint density at radius 1 is 1.21 bits per heavy atom. The highest BCUT2D eigenvalue weighted by Gasteiger charge is 2.50. The number of methoxy groups -OCH3 is 1. The Hall–Kier alpha value is -3.67. The van der Waals surface area contributed by atoms with Crippen molar-refractivity contribution in [1.82, 2.24) is 20.2 Å². The van der Waals surface area contributed by atoms with Gasteiger partial charge in [0.2, 0.25) is 0 Å². The standard InChI is InChI=1S/C28H30F2N6O3/c1-16-26-22(32-26)15-36(16)23-12-17(14-35-8-10-39-11-9-35)19(30)13-21(23)34-28(37)20-6-7-31-27(33-20)25-18(29)4-3-5-24(25)38-2/h3-7,12-13,16,22,26,32H,8-11,14-15H2,1-2H3,(H,34,37)/t16-,22+,26?/m0/s1. The quantitative estimate of drug-likeness (QED) is 0.445. The molecule has 0 spiro atoms. The van der Waals surface area contributed by atoms with Gasteiger partial charge >= 0.3 is 0 Å². The van der Waals surface area contributed by atoms with Crippen LogP contribution in [0.2, 0.25) is 0 Å². The number of hydrogen-bond donors (Lipinski definition) is 2. The molecule has 2 aromatic carbocycles. The Balaban J connectivity index is 1.31. The molecule has 3 saturated heterocycles. The van der Waals surface area contributed by atoms with Crippen LogP contribution in [0.25, 0.3) is 11.4 Å². The number of aromatic nitrogens is 2. The minimum atomic E-state index is -0.567. The lowest BCUT2D eigenvalue weighted by molar-refractivity contribution is 0.0337. The van der Waals surface area contributed by atoms with Crippen LogP contribution >= 0.6 is 0 Å². The molecule has 11 heteroatoms. The first kappa shape index (κ1) is 25.6. The Morgan fingerprint density at radius 2 is 2.03 bits per heavy atom. The summed E-state index contributed by atoms with van der Waals surface area (Å²) in [4.78, 5) is 26.2. The van der Waals surface area contributed by atoms with Crippen molar-refractivity contribution in [1.29, 1.82) is 0 Å². The van der Waals surface area contributed by atoms with Crippen LogP contribution in [0.3, 0.4) is 0 Å². The highest BCUT2D eigenvalue weighted by Crippen LogP contribution is 2.39. The second kappa shape index (κ2) is 10.5. The van der Waals surface area contributed by atoms with Crippen LogP contribution in [0.5, 0.6) is 5.75 Å². The third kappa shape index (κ3) is 5.05. The molecule has 0 aliphatic carbocycles. The van der Waals surface area contributed by atoms with E-state index in [2.05, 4.69) is 37.3 Å². The summed E-state index contributed by atoms with van der Waals surface area (Å²) < 4.78 is 40.7. The van der Waals surface area contributed by atoms with Crippen molar-refractivity contribution in [2.45, 2.75) is 31.6 Å². The summed E-state index contributed by atoms with van der Waals surface area (Å²) in [5.74, 6) is -1.24. The van der Waals surface area contributed by atoms with E-state index in [-0.39, 0.29) is 28.9 Å². The third-order valence-corrected chi connectivity index (χ3v) is 7.66. The Bertz CT molecular complexity index is 1400. The number of rotatable bonds is 7. The molecule has 3 fully saturated rings. The molecule has 1 amide bonds. The van der Waals surface area contributed by atoms with Crippen LogP contribution in [-0.4, -0.2) is 78.9 Å². The molecule has 204 valence electrons. The van der Waals surface area contributed by atoms with Gasteiger partial charge in [-0.3, -0.25) is 9.69 Å². The Labute approximate surface area is 225 Å². The number of benzene rings is 2. The molecule has 9 nitrogen and oxygen atoms in total. The van der Waals surface area contributed by atoms with E-state index in [4.69, 9.17) is 9.47 Å². The summed E-state index contributed by atoms with van der Waals surface area (Å²) in [6, 6.07) is 10.0. The van der Waals surface area contributed by atoms with Gasteiger partial charge in [-0.05, 0) is 37.3 Å². The van der Waals surface area contributed by atoms with E-state index in [0.717, 1.165) is 25.3 Å². The van der Waals surface area contributed by atoms with E-state index in [0.29, 0.717) is 43.1 Å². The average molecular weight is 537 g/mol. The first-order chi connectivity index (χ1) is 18.9. The SMILES string of the molecule is COc1cccc(F)c1-c1nccc(C(=O)Nc2cc(F)c(CN3CCOCC3)cc2N2C[C@H]3NC3[C@@H]2C)n1. The molecule has 2 N–H and O–H groups in total. The molecule has 39 heavy (non-hydrogen) atoms. The van der Waals surface area contributed by atoms with E-state index < -0.39 is 17.5 Å². The van der Waals surface area contributed by atoms with Crippen LogP contribution in [0.4, 0.5) is 20.2 Å². The number of carbonyl (C=O) groups is 1. The van der Waals surface area contributed by atoms with Crippen LogP contribution < -0.4 is 20.3 Å². The fourth-order valence-electron chi connectivity index (χ4n) is 5.47. The van der Waals surface area contributed by atoms with E-state index in [1.54, 1.807) is 6.07 Å². The van der Waals surface area contributed by atoms with Gasteiger partial charge in [-0.1, -0.05) is 6.07 Å². The molecule has 0 bridgehead atoms. The molecule has 0 radical (unpaired) electrons. The van der Waals surface area contributed by atoms with Gasteiger partial charge in [-0.25, -0.2) is 18.7 Å². The molecule has 3 atom stereocenters. The zero-order valence-corrected chi connectivity index (χ0v) is 21.8. The van der Waals surface area contributed by atoms with Crippen molar-refractivity contribution in [3.63, 3.8) is 0 Å². The first-order valence-electron chi connectivity index (χ1n) is 13.1. The molecule has 0 saturated carbocycles. The van der Waals surface area contributed by atoms with E-state index in [1.165, 1.54) is 37.6 Å². The first-order valence-corrected chi connectivity index (χ1v) is 13.1. The number of morpholine rings is 1. The van der Waals surface area contributed by atoms with E-state index in [1.807, 2.05) is 6.07 Å². The number of nitrogens with zero attached hydrogens (tertiary/aromatic N) is 4. The van der Waals surface area contributed by atoms with Gasteiger partial charge in [0, 0.05) is 56.1 Å². The number of ether oxygens (including phenoxy) is 2. The number of anilines is 2. The number of fused-ring (bicyclic) bond motifs is 1. The third-order valence-electron chi connectivity index (χ3n) is 7.66. The summed E-state index contributed by atoms with van der Waals surface area (Å²) in [6.45, 7) is 6.08. The fraction of sp³-hybridized carbons (Fsp3) is 0.393. The van der Waals surface area contributed by atoms with Gasteiger partial charge in [-0.2, -0.15) is 0 Å². The minimum absolute atomic E-state index is 0.0178. The normalized spacial score (nSPS) is 22.5. The van der Waals surface area contributed by atoms with Crippen LogP contribution in [0.1, 0.15) is 23.0 Å². The van der Waals surface area contributed by atoms with Gasteiger partial charge in [0.25, 0.3) is 5.91 Å². The van der Waals surface area contributed by atoms with Crippen molar-refractivity contribution < 1.29 is 23.0 Å². The molecule has 3 aromatic rings. The van der Waals surface area contributed by atoms with Crippen molar-refractivity contribution in [3.05, 3.63) is 65.5 Å². The molecule has 1 aromatic heterocycles. The van der Waals surface area contributed by atoms with Gasteiger partial charge in [0.15, 0.2) is 5.82 Å². The summed E-state index contributed by atoms with van der Waals surface area (Å²) >= 11 is 0. The molecule has 4 heterocycles. The maximum atomic E-state index is 15.4. The van der Waals surface area contributed by atoms with Crippen LogP contribution in [-0.2, 0) is 11.3 Å². The number of halogens is 2. The predicted molar refractivity (Wildman–Crippen MR) is 142 cm³/mol. The minimum Gasteiger partial charge on any atom is -0.496 e. The van der Waals surface area contributed by atoms with Crippen molar-refractivity contribution >= 4 is 17.3 Å². The molecule has 6 rings (SSSR count). The number of nitrogens with one attached hydrogen (secondary N) is 2. The predicted octanol–water partition coefficient (Wildman–Crippen LogP) is 3.06. The zero-order valence-electron chi connectivity index (χ0n) is 21.8. The monoisotopic (exact) mass is 536 g/mol. The largest absolute Gasteiger partial charge is 0.496 e. The number of amides is 1. The van der Waals surface area contributed by atoms with Crippen molar-refractivity contribution in [2.24, 2.45) is 0 Å². The molecule has 3 aliphatic rings. The fourth-order valence-corrected chi connectivity index (χ4v) is 5.47. The number of hydrogen-bond acceptors (Lipinski definition) is 8. The van der Waals surface area contributed by atoms with Gasteiger partial charge in [0.05, 0.1) is 37.3 Å². The highest BCUT2D eigenvalue weighted by atomic mass is 19.1.